The smallest absolute Gasteiger partial charge is 0.307 e. The monoisotopic (exact) mass is 233 g/mol. The summed E-state index contributed by atoms with van der Waals surface area (Å²) in [6, 6.07) is 3.86. The first-order chi connectivity index (χ1) is 8.22. The number of hydrogen-bond donors (Lipinski definition) is 0. The summed E-state index contributed by atoms with van der Waals surface area (Å²) in [7, 11) is 0. The number of rotatable bonds is 4. The van der Waals surface area contributed by atoms with Crippen molar-refractivity contribution in [2.75, 3.05) is 6.61 Å². The van der Waals surface area contributed by atoms with Gasteiger partial charge in [-0.15, -0.1) is 0 Å². The van der Waals surface area contributed by atoms with Gasteiger partial charge in [0.1, 0.15) is 0 Å². The Morgan fingerprint density at radius 2 is 2.35 bits per heavy atom. The molecule has 5 nitrogen and oxygen atoms in total. The molecule has 0 spiro atoms. The lowest BCUT2D eigenvalue weighted by Crippen LogP contribution is -2.10. The molecule has 5 heteroatoms. The first-order valence-corrected chi connectivity index (χ1v) is 5.66. The number of fused-ring (bicyclic) bond motifs is 1. The second-order valence-corrected chi connectivity index (χ2v) is 3.74. The number of esters is 1. The zero-order valence-corrected chi connectivity index (χ0v) is 10.0. The number of ether oxygens (including phenoxy) is 1. The van der Waals surface area contributed by atoms with Gasteiger partial charge in [-0.2, -0.15) is 5.10 Å². The van der Waals surface area contributed by atoms with Crippen LogP contribution in [0.25, 0.3) is 11.0 Å². The maximum atomic E-state index is 11.3. The van der Waals surface area contributed by atoms with E-state index in [1.807, 2.05) is 19.1 Å². The molecular weight excluding hydrogens is 218 g/mol. The molecule has 2 rings (SSSR count). The van der Waals surface area contributed by atoms with E-state index < -0.39 is 0 Å². The van der Waals surface area contributed by atoms with Gasteiger partial charge in [0.2, 0.25) is 0 Å². The first-order valence-electron chi connectivity index (χ1n) is 5.66. The summed E-state index contributed by atoms with van der Waals surface area (Å²) in [5.41, 5.74) is 1.74. The van der Waals surface area contributed by atoms with Gasteiger partial charge < -0.3 is 4.74 Å². The van der Waals surface area contributed by atoms with Crippen molar-refractivity contribution in [2.24, 2.45) is 0 Å². The Balaban J connectivity index is 2.16. The molecule has 0 N–H and O–H groups in total. The van der Waals surface area contributed by atoms with Crippen molar-refractivity contribution < 1.29 is 9.53 Å². The topological polar surface area (TPSA) is 57.0 Å². The summed E-state index contributed by atoms with van der Waals surface area (Å²) in [5, 5.41) is 5.39. The van der Waals surface area contributed by atoms with E-state index in [4.69, 9.17) is 4.74 Å². The van der Waals surface area contributed by atoms with Crippen molar-refractivity contribution in [2.45, 2.75) is 26.8 Å². The van der Waals surface area contributed by atoms with Gasteiger partial charge in [-0.05, 0) is 26.0 Å². The zero-order chi connectivity index (χ0) is 12.3. The average molecular weight is 233 g/mol. The fourth-order valence-electron chi connectivity index (χ4n) is 1.75. The normalized spacial score (nSPS) is 10.7. The van der Waals surface area contributed by atoms with Crippen LogP contribution in [0, 0.1) is 6.92 Å². The SMILES string of the molecule is CCOC(=O)CCn1nc(C)c2cccnc21. The molecule has 0 aromatic carbocycles. The fraction of sp³-hybridized carbons (Fsp3) is 0.417. The van der Waals surface area contributed by atoms with Crippen LogP contribution in [-0.4, -0.2) is 27.3 Å². The number of nitrogens with zero attached hydrogens (tertiary/aromatic N) is 3. The van der Waals surface area contributed by atoms with Gasteiger partial charge in [0.05, 0.1) is 25.3 Å². The lowest BCUT2D eigenvalue weighted by Gasteiger charge is -2.02. The third-order valence-corrected chi connectivity index (χ3v) is 2.52. The van der Waals surface area contributed by atoms with Crippen LogP contribution in [0.3, 0.4) is 0 Å². The second-order valence-electron chi connectivity index (χ2n) is 3.74. The molecular formula is C12H15N3O2. The zero-order valence-electron chi connectivity index (χ0n) is 10.0. The second kappa shape index (κ2) is 4.95. The lowest BCUT2D eigenvalue weighted by atomic mass is 10.3. The number of aryl methyl sites for hydroxylation is 2. The third kappa shape index (κ3) is 2.43. The summed E-state index contributed by atoms with van der Waals surface area (Å²) in [6.45, 7) is 4.65. The Bertz CT molecular complexity index is 534. The Morgan fingerprint density at radius 3 is 3.12 bits per heavy atom. The van der Waals surface area contributed by atoms with Crippen molar-refractivity contribution in [3.05, 3.63) is 24.0 Å². The van der Waals surface area contributed by atoms with E-state index in [-0.39, 0.29) is 5.97 Å². The molecule has 0 amide bonds. The van der Waals surface area contributed by atoms with Crippen molar-refractivity contribution in [1.29, 1.82) is 0 Å². The van der Waals surface area contributed by atoms with Gasteiger partial charge in [0, 0.05) is 11.6 Å². The largest absolute Gasteiger partial charge is 0.466 e. The van der Waals surface area contributed by atoms with Crippen LogP contribution in [0.1, 0.15) is 19.0 Å². The molecule has 0 unspecified atom stereocenters. The van der Waals surface area contributed by atoms with Crippen LogP contribution >= 0.6 is 0 Å². The van der Waals surface area contributed by atoms with Crippen molar-refractivity contribution in [1.82, 2.24) is 14.8 Å². The molecule has 0 saturated carbocycles. The maximum Gasteiger partial charge on any atom is 0.307 e. The number of carbonyl (C=O) groups is 1. The van der Waals surface area contributed by atoms with Gasteiger partial charge in [0.15, 0.2) is 5.65 Å². The van der Waals surface area contributed by atoms with Crippen LogP contribution in [0.4, 0.5) is 0 Å². The summed E-state index contributed by atoms with van der Waals surface area (Å²) in [4.78, 5) is 15.5. The van der Waals surface area contributed by atoms with Crippen molar-refractivity contribution >= 4 is 17.0 Å². The highest BCUT2D eigenvalue weighted by Gasteiger charge is 2.09. The van der Waals surface area contributed by atoms with Crippen LogP contribution in [0.5, 0.6) is 0 Å². The quantitative estimate of drug-likeness (QED) is 0.754. The number of aromatic nitrogens is 3. The summed E-state index contributed by atoms with van der Waals surface area (Å²) >= 11 is 0. The van der Waals surface area contributed by atoms with Gasteiger partial charge in [-0.25, -0.2) is 9.67 Å². The number of hydrogen-bond acceptors (Lipinski definition) is 4. The Hall–Kier alpha value is -1.91. The predicted octanol–water partition coefficient (Wildman–Crippen LogP) is 1.69. The van der Waals surface area contributed by atoms with E-state index in [9.17, 15) is 4.79 Å². The van der Waals surface area contributed by atoms with E-state index in [0.29, 0.717) is 19.6 Å². The molecule has 17 heavy (non-hydrogen) atoms. The van der Waals surface area contributed by atoms with Crippen molar-refractivity contribution in [3.63, 3.8) is 0 Å². The lowest BCUT2D eigenvalue weighted by molar-refractivity contribution is -0.143. The van der Waals surface area contributed by atoms with Gasteiger partial charge in [-0.3, -0.25) is 4.79 Å². The van der Waals surface area contributed by atoms with Gasteiger partial charge >= 0.3 is 5.97 Å². The van der Waals surface area contributed by atoms with Crippen LogP contribution in [0.15, 0.2) is 18.3 Å². The van der Waals surface area contributed by atoms with Crippen LogP contribution < -0.4 is 0 Å². The molecule has 0 aliphatic rings. The Morgan fingerprint density at radius 1 is 1.53 bits per heavy atom. The molecule has 2 aromatic rings. The van der Waals surface area contributed by atoms with E-state index in [2.05, 4.69) is 10.1 Å². The molecule has 0 aliphatic carbocycles. The molecule has 0 radical (unpaired) electrons. The number of pyridine rings is 1. The van der Waals surface area contributed by atoms with E-state index in [0.717, 1.165) is 16.7 Å². The van der Waals surface area contributed by atoms with Gasteiger partial charge in [-0.1, -0.05) is 0 Å². The molecule has 0 atom stereocenters. The average Bonchev–Trinajstić information content (AvgIpc) is 2.65. The van der Waals surface area contributed by atoms with Gasteiger partial charge in [0.25, 0.3) is 0 Å². The maximum absolute atomic E-state index is 11.3. The van der Waals surface area contributed by atoms with E-state index >= 15 is 0 Å². The molecule has 90 valence electrons. The minimum atomic E-state index is -0.204. The predicted molar refractivity (Wildman–Crippen MR) is 63.5 cm³/mol. The summed E-state index contributed by atoms with van der Waals surface area (Å²) in [5.74, 6) is -0.204. The standard InChI is InChI=1S/C12H15N3O2/c1-3-17-11(16)6-8-15-12-10(9(2)14-15)5-4-7-13-12/h4-5,7H,3,6,8H2,1-2H3. The fourth-order valence-corrected chi connectivity index (χ4v) is 1.75. The Labute approximate surface area is 99.4 Å². The van der Waals surface area contributed by atoms with E-state index in [1.165, 1.54) is 0 Å². The first kappa shape index (κ1) is 11.6. The molecule has 0 aliphatic heterocycles. The molecule has 0 fully saturated rings. The van der Waals surface area contributed by atoms with E-state index in [1.54, 1.807) is 17.8 Å². The summed E-state index contributed by atoms with van der Waals surface area (Å²) < 4.78 is 6.63. The molecule has 2 aromatic heterocycles. The highest BCUT2D eigenvalue weighted by atomic mass is 16.5. The van der Waals surface area contributed by atoms with Crippen LogP contribution in [0.2, 0.25) is 0 Å². The Kier molecular flexibility index (Phi) is 3.37. The van der Waals surface area contributed by atoms with Crippen molar-refractivity contribution in [3.8, 4) is 0 Å². The highest BCUT2D eigenvalue weighted by Crippen LogP contribution is 2.15. The van der Waals surface area contributed by atoms with Crippen LogP contribution in [-0.2, 0) is 16.1 Å². The highest BCUT2D eigenvalue weighted by molar-refractivity contribution is 5.78. The molecule has 0 bridgehead atoms. The third-order valence-electron chi connectivity index (χ3n) is 2.52. The minimum absolute atomic E-state index is 0.204. The summed E-state index contributed by atoms with van der Waals surface area (Å²) in [6.07, 6.45) is 2.05. The molecule has 0 saturated heterocycles. The number of carbonyl (C=O) groups excluding carboxylic acids is 1. The molecule has 2 heterocycles. The minimum Gasteiger partial charge on any atom is -0.466 e.